The summed E-state index contributed by atoms with van der Waals surface area (Å²) in [5, 5.41) is 0.699. The lowest BCUT2D eigenvalue weighted by atomic mass is 10.1. The van der Waals surface area contributed by atoms with Gasteiger partial charge >= 0.3 is 0 Å². The number of benzene rings is 3. The van der Waals surface area contributed by atoms with E-state index in [2.05, 4.69) is 10.6 Å². The molecule has 4 aromatic rings. The molecule has 0 saturated carbocycles. The number of carbonyl (C=O) groups excluding carboxylic acids is 1. The van der Waals surface area contributed by atoms with E-state index < -0.39 is 0 Å². The molecule has 156 valence electrons. The van der Waals surface area contributed by atoms with Crippen molar-refractivity contribution < 1.29 is 9.18 Å². The van der Waals surface area contributed by atoms with E-state index in [1.165, 1.54) is 12.1 Å². The molecule has 1 aliphatic heterocycles. The number of hydrogen-bond acceptors (Lipinski definition) is 2. The molecule has 6 heteroatoms. The van der Waals surface area contributed by atoms with Gasteiger partial charge in [0.25, 0.3) is 0 Å². The van der Waals surface area contributed by atoms with Crippen molar-refractivity contribution in [2.75, 3.05) is 6.54 Å². The molecule has 0 unspecified atom stereocenters. The van der Waals surface area contributed by atoms with Gasteiger partial charge in [0.05, 0.1) is 11.0 Å². The Morgan fingerprint density at radius 2 is 1.77 bits per heavy atom. The molecular weight excluding hydrogens is 413 g/mol. The highest BCUT2D eigenvalue weighted by Crippen LogP contribution is 2.32. The number of fused-ring (bicyclic) bond motifs is 1. The van der Waals surface area contributed by atoms with Crippen molar-refractivity contribution in [3.05, 3.63) is 101 Å². The van der Waals surface area contributed by atoms with Gasteiger partial charge in [-0.15, -0.1) is 0 Å². The van der Waals surface area contributed by atoms with Crippen molar-refractivity contribution in [1.29, 1.82) is 0 Å². The standard InChI is InChI=1S/C25H21ClFN3O/c26-20-5-3-4-18(12-20)15-30-23-7-2-1-6-22(23)28-25(30)19-13-24(31)29(16-19)14-17-8-10-21(27)11-9-17/h1-12,19H,13-16H2/t19-/m0/s1. The van der Waals surface area contributed by atoms with Gasteiger partial charge in [-0.3, -0.25) is 4.79 Å². The predicted octanol–water partition coefficient (Wildman–Crippen LogP) is 5.39. The van der Waals surface area contributed by atoms with Gasteiger partial charge < -0.3 is 9.47 Å². The van der Waals surface area contributed by atoms with Gasteiger partial charge in [-0.05, 0) is 47.5 Å². The normalized spacial score (nSPS) is 16.4. The topological polar surface area (TPSA) is 38.1 Å². The van der Waals surface area contributed by atoms with Crippen LogP contribution in [0.4, 0.5) is 4.39 Å². The molecule has 0 radical (unpaired) electrons. The van der Waals surface area contributed by atoms with Gasteiger partial charge in [-0.1, -0.05) is 48.0 Å². The molecule has 0 spiro atoms. The van der Waals surface area contributed by atoms with Gasteiger partial charge in [0.2, 0.25) is 5.91 Å². The molecule has 0 bridgehead atoms. The highest BCUT2D eigenvalue weighted by atomic mass is 35.5. The van der Waals surface area contributed by atoms with Crippen LogP contribution in [0.15, 0.2) is 72.8 Å². The summed E-state index contributed by atoms with van der Waals surface area (Å²) >= 11 is 6.20. The molecule has 1 fully saturated rings. The summed E-state index contributed by atoms with van der Waals surface area (Å²) in [6.45, 7) is 1.71. The zero-order valence-electron chi connectivity index (χ0n) is 16.8. The molecule has 3 aromatic carbocycles. The molecule has 1 amide bonds. The first-order valence-electron chi connectivity index (χ1n) is 10.3. The summed E-state index contributed by atoms with van der Waals surface area (Å²) in [5.41, 5.74) is 3.97. The van der Waals surface area contributed by atoms with E-state index in [9.17, 15) is 9.18 Å². The number of likely N-dealkylation sites (tertiary alicyclic amines) is 1. The van der Waals surface area contributed by atoms with E-state index in [0.717, 1.165) is 28.0 Å². The summed E-state index contributed by atoms with van der Waals surface area (Å²) in [6.07, 6.45) is 0.417. The average molecular weight is 434 g/mol. The van der Waals surface area contributed by atoms with E-state index in [0.29, 0.717) is 31.1 Å². The second-order valence-electron chi connectivity index (χ2n) is 7.98. The van der Waals surface area contributed by atoms with Crippen LogP contribution in [0.5, 0.6) is 0 Å². The largest absolute Gasteiger partial charge is 0.338 e. The third kappa shape index (κ3) is 4.06. The van der Waals surface area contributed by atoms with Gasteiger partial charge in [0.1, 0.15) is 11.6 Å². The molecule has 1 aliphatic rings. The Labute approximate surface area is 184 Å². The minimum atomic E-state index is -0.274. The number of rotatable bonds is 5. The molecule has 1 atom stereocenters. The Balaban J connectivity index is 1.45. The molecule has 31 heavy (non-hydrogen) atoms. The van der Waals surface area contributed by atoms with E-state index in [1.54, 1.807) is 12.1 Å². The third-order valence-corrected chi connectivity index (χ3v) is 6.02. The summed E-state index contributed by atoms with van der Waals surface area (Å²) in [7, 11) is 0. The summed E-state index contributed by atoms with van der Waals surface area (Å²) < 4.78 is 15.4. The first kappa shape index (κ1) is 19.8. The van der Waals surface area contributed by atoms with Crippen LogP contribution in [-0.4, -0.2) is 26.9 Å². The molecule has 1 aromatic heterocycles. The third-order valence-electron chi connectivity index (χ3n) is 5.78. The first-order chi connectivity index (χ1) is 15.1. The van der Waals surface area contributed by atoms with Crippen LogP contribution >= 0.6 is 11.6 Å². The summed E-state index contributed by atoms with van der Waals surface area (Å²) in [6, 6.07) is 22.2. The maximum absolute atomic E-state index is 13.2. The Kier molecular flexibility index (Phi) is 5.20. The molecule has 1 saturated heterocycles. The van der Waals surface area contributed by atoms with Gasteiger partial charge in [0.15, 0.2) is 0 Å². The number of amides is 1. The molecule has 4 nitrogen and oxygen atoms in total. The summed E-state index contributed by atoms with van der Waals surface area (Å²) in [5.74, 6) is 0.732. The Bertz CT molecular complexity index is 1250. The monoisotopic (exact) mass is 433 g/mol. The zero-order valence-corrected chi connectivity index (χ0v) is 17.6. The van der Waals surface area contributed by atoms with Gasteiger partial charge in [0, 0.05) is 37.0 Å². The van der Waals surface area contributed by atoms with Crippen LogP contribution in [0, 0.1) is 5.82 Å². The first-order valence-corrected chi connectivity index (χ1v) is 10.7. The SMILES string of the molecule is O=C1C[C@H](c2nc3ccccc3n2Cc2cccc(Cl)c2)CN1Cc1ccc(F)cc1. The van der Waals surface area contributed by atoms with Gasteiger partial charge in [-0.25, -0.2) is 9.37 Å². The van der Waals surface area contributed by atoms with E-state index in [4.69, 9.17) is 16.6 Å². The minimum absolute atomic E-state index is 0.000433. The van der Waals surface area contributed by atoms with Crippen LogP contribution in [0.2, 0.25) is 5.02 Å². The highest BCUT2D eigenvalue weighted by molar-refractivity contribution is 6.30. The van der Waals surface area contributed by atoms with Crippen molar-refractivity contribution in [1.82, 2.24) is 14.5 Å². The fourth-order valence-electron chi connectivity index (χ4n) is 4.30. The molecule has 5 rings (SSSR count). The number of hydrogen-bond donors (Lipinski definition) is 0. The van der Waals surface area contributed by atoms with Crippen LogP contribution in [-0.2, 0) is 17.9 Å². The van der Waals surface area contributed by atoms with Crippen LogP contribution < -0.4 is 0 Å². The lowest BCUT2D eigenvalue weighted by Crippen LogP contribution is -2.24. The highest BCUT2D eigenvalue weighted by Gasteiger charge is 2.34. The van der Waals surface area contributed by atoms with Crippen LogP contribution in [0.1, 0.15) is 29.3 Å². The maximum Gasteiger partial charge on any atom is 0.223 e. The van der Waals surface area contributed by atoms with Crippen molar-refractivity contribution in [2.45, 2.75) is 25.4 Å². The zero-order chi connectivity index (χ0) is 21.4. The Morgan fingerprint density at radius 3 is 2.58 bits per heavy atom. The minimum Gasteiger partial charge on any atom is -0.338 e. The lowest BCUT2D eigenvalue weighted by Gasteiger charge is -2.17. The molecule has 0 aliphatic carbocycles. The van der Waals surface area contributed by atoms with E-state index >= 15 is 0 Å². The smallest absolute Gasteiger partial charge is 0.223 e. The number of halogens is 2. The predicted molar refractivity (Wildman–Crippen MR) is 119 cm³/mol. The van der Waals surface area contributed by atoms with Crippen LogP contribution in [0.3, 0.4) is 0 Å². The molecular formula is C25H21ClFN3O. The maximum atomic E-state index is 13.2. The van der Waals surface area contributed by atoms with E-state index in [1.807, 2.05) is 47.4 Å². The average Bonchev–Trinajstić information content (AvgIpc) is 3.30. The number of carbonyl (C=O) groups is 1. The number of para-hydroxylation sites is 2. The number of aromatic nitrogens is 2. The molecule has 0 N–H and O–H groups in total. The number of imidazole rings is 1. The summed E-state index contributed by atoms with van der Waals surface area (Å²) in [4.78, 5) is 19.5. The van der Waals surface area contributed by atoms with E-state index in [-0.39, 0.29) is 17.6 Å². The molecule has 2 heterocycles. The van der Waals surface area contributed by atoms with Crippen molar-refractivity contribution in [3.63, 3.8) is 0 Å². The van der Waals surface area contributed by atoms with Crippen LogP contribution in [0.25, 0.3) is 11.0 Å². The van der Waals surface area contributed by atoms with Crippen molar-refractivity contribution >= 4 is 28.5 Å². The second kappa shape index (κ2) is 8.16. The Hall–Kier alpha value is -3.18. The number of nitrogens with zero attached hydrogens (tertiary/aromatic N) is 3. The van der Waals surface area contributed by atoms with Gasteiger partial charge in [-0.2, -0.15) is 0 Å². The Morgan fingerprint density at radius 1 is 0.968 bits per heavy atom. The van der Waals surface area contributed by atoms with Crippen molar-refractivity contribution in [2.24, 2.45) is 0 Å². The fraction of sp³-hybridized carbons (Fsp3) is 0.200. The van der Waals surface area contributed by atoms with Crippen molar-refractivity contribution in [3.8, 4) is 0 Å². The fourth-order valence-corrected chi connectivity index (χ4v) is 4.51. The second-order valence-corrected chi connectivity index (χ2v) is 8.41. The lowest BCUT2D eigenvalue weighted by molar-refractivity contribution is -0.128. The quantitative estimate of drug-likeness (QED) is 0.423.